The summed E-state index contributed by atoms with van der Waals surface area (Å²) in [6.45, 7) is 0.567. The number of nitrogens with two attached hydrogens (primary N) is 1. The maximum absolute atomic E-state index is 11.8. The maximum Gasteiger partial charge on any atom is 0.319 e. The molecule has 0 heterocycles. The van der Waals surface area contributed by atoms with Crippen molar-refractivity contribution in [1.29, 1.82) is 0 Å². The van der Waals surface area contributed by atoms with E-state index in [0.717, 1.165) is 22.9 Å². The molecule has 3 nitrogen and oxygen atoms in total. The molecule has 0 aliphatic heterocycles. The van der Waals surface area contributed by atoms with Crippen LogP contribution in [0, 0.1) is 0 Å². The molecule has 3 aromatic carbocycles. The number of benzene rings is 3. The van der Waals surface area contributed by atoms with Gasteiger partial charge in [0, 0.05) is 12.2 Å². The zero-order chi connectivity index (χ0) is 15.4. The van der Waals surface area contributed by atoms with Crippen molar-refractivity contribution >= 4 is 22.5 Å². The number of hydrogen-bond donors (Lipinski definition) is 1. The number of urea groups is 1. The lowest BCUT2D eigenvalue weighted by Gasteiger charge is -2.21. The number of anilines is 1. The molecule has 0 bridgehead atoms. The third kappa shape index (κ3) is 3.09. The third-order valence-corrected chi connectivity index (χ3v) is 3.78. The standard InChI is InChI=1S/C19H18N2O/c20-19(22)21(13-12-15-6-2-1-3-7-15)18-11-10-16-8-4-5-9-17(16)14-18/h1-11,14H,12-13H2,(H2,20,22). The van der Waals surface area contributed by atoms with Gasteiger partial charge in [-0.25, -0.2) is 4.79 Å². The highest BCUT2D eigenvalue weighted by molar-refractivity contribution is 5.94. The van der Waals surface area contributed by atoms with Gasteiger partial charge in [-0.05, 0) is 34.9 Å². The van der Waals surface area contributed by atoms with Crippen LogP contribution in [-0.2, 0) is 6.42 Å². The highest BCUT2D eigenvalue weighted by atomic mass is 16.2. The fourth-order valence-corrected chi connectivity index (χ4v) is 2.60. The Morgan fingerprint density at radius 2 is 1.55 bits per heavy atom. The second-order valence-electron chi connectivity index (χ2n) is 5.26. The molecule has 0 aliphatic rings. The Morgan fingerprint density at radius 1 is 0.864 bits per heavy atom. The summed E-state index contributed by atoms with van der Waals surface area (Å²) >= 11 is 0. The third-order valence-electron chi connectivity index (χ3n) is 3.78. The van der Waals surface area contributed by atoms with Crippen LogP contribution < -0.4 is 10.6 Å². The van der Waals surface area contributed by atoms with E-state index in [4.69, 9.17) is 5.73 Å². The van der Waals surface area contributed by atoms with Crippen molar-refractivity contribution in [3.63, 3.8) is 0 Å². The first-order chi connectivity index (χ1) is 10.7. The normalized spacial score (nSPS) is 10.5. The largest absolute Gasteiger partial charge is 0.351 e. The minimum atomic E-state index is -0.425. The highest BCUT2D eigenvalue weighted by Crippen LogP contribution is 2.22. The molecule has 0 saturated heterocycles. The summed E-state index contributed by atoms with van der Waals surface area (Å²) in [6, 6.07) is 23.7. The first kappa shape index (κ1) is 14.1. The van der Waals surface area contributed by atoms with E-state index >= 15 is 0 Å². The number of hydrogen-bond acceptors (Lipinski definition) is 1. The topological polar surface area (TPSA) is 46.3 Å². The van der Waals surface area contributed by atoms with Crippen molar-refractivity contribution < 1.29 is 4.79 Å². The lowest BCUT2D eigenvalue weighted by atomic mass is 10.1. The van der Waals surface area contributed by atoms with Gasteiger partial charge in [-0.2, -0.15) is 0 Å². The molecule has 0 saturated carbocycles. The zero-order valence-corrected chi connectivity index (χ0v) is 12.3. The summed E-state index contributed by atoms with van der Waals surface area (Å²) in [6.07, 6.45) is 0.774. The average Bonchev–Trinajstić information content (AvgIpc) is 2.55. The molecule has 0 fully saturated rings. The van der Waals surface area contributed by atoms with Crippen LogP contribution in [0.5, 0.6) is 0 Å². The van der Waals surface area contributed by atoms with Crippen molar-refractivity contribution in [1.82, 2.24) is 0 Å². The lowest BCUT2D eigenvalue weighted by Crippen LogP contribution is -2.37. The molecule has 0 spiro atoms. The average molecular weight is 290 g/mol. The SMILES string of the molecule is NC(=O)N(CCc1ccccc1)c1ccc2ccccc2c1. The summed E-state index contributed by atoms with van der Waals surface area (Å²) < 4.78 is 0. The van der Waals surface area contributed by atoms with E-state index in [1.165, 1.54) is 5.56 Å². The number of carbonyl (C=O) groups is 1. The van der Waals surface area contributed by atoms with E-state index in [1.54, 1.807) is 4.90 Å². The summed E-state index contributed by atoms with van der Waals surface area (Å²) in [7, 11) is 0. The van der Waals surface area contributed by atoms with Gasteiger partial charge in [-0.1, -0.05) is 60.7 Å². The molecule has 0 atom stereocenters. The molecular formula is C19H18N2O. The second kappa shape index (κ2) is 6.31. The Balaban J connectivity index is 1.84. The molecule has 3 rings (SSSR count). The van der Waals surface area contributed by atoms with Crippen LogP contribution in [0.15, 0.2) is 72.8 Å². The monoisotopic (exact) mass is 290 g/mol. The fourth-order valence-electron chi connectivity index (χ4n) is 2.60. The van der Waals surface area contributed by atoms with Gasteiger partial charge in [0.15, 0.2) is 0 Å². The molecule has 0 unspecified atom stereocenters. The van der Waals surface area contributed by atoms with E-state index in [-0.39, 0.29) is 0 Å². The summed E-state index contributed by atoms with van der Waals surface area (Å²) in [5, 5.41) is 2.25. The molecule has 3 aromatic rings. The Kier molecular flexibility index (Phi) is 4.05. The molecule has 2 N–H and O–H groups in total. The molecule has 22 heavy (non-hydrogen) atoms. The van der Waals surface area contributed by atoms with Gasteiger partial charge in [0.25, 0.3) is 0 Å². The first-order valence-electron chi connectivity index (χ1n) is 7.34. The van der Waals surface area contributed by atoms with Gasteiger partial charge in [-0.15, -0.1) is 0 Å². The summed E-state index contributed by atoms with van der Waals surface area (Å²) in [5.74, 6) is 0. The van der Waals surface area contributed by atoms with Gasteiger partial charge in [0.1, 0.15) is 0 Å². The van der Waals surface area contributed by atoms with Crippen molar-refractivity contribution in [3.05, 3.63) is 78.4 Å². The number of primary amides is 1. The number of amides is 2. The Labute approximate surface area is 130 Å². The molecule has 110 valence electrons. The lowest BCUT2D eigenvalue weighted by molar-refractivity contribution is 0.254. The summed E-state index contributed by atoms with van der Waals surface area (Å²) in [4.78, 5) is 13.4. The van der Waals surface area contributed by atoms with Crippen LogP contribution in [0.4, 0.5) is 10.5 Å². The van der Waals surface area contributed by atoms with Crippen LogP contribution >= 0.6 is 0 Å². The Hall–Kier alpha value is -2.81. The molecule has 0 aromatic heterocycles. The maximum atomic E-state index is 11.8. The minimum Gasteiger partial charge on any atom is -0.351 e. The Morgan fingerprint density at radius 3 is 2.27 bits per heavy atom. The number of nitrogens with zero attached hydrogens (tertiary/aromatic N) is 1. The van der Waals surface area contributed by atoms with Crippen LogP contribution in [-0.4, -0.2) is 12.6 Å². The molecule has 3 heteroatoms. The van der Waals surface area contributed by atoms with Crippen LogP contribution in [0.25, 0.3) is 10.8 Å². The predicted molar refractivity (Wildman–Crippen MR) is 91.0 cm³/mol. The van der Waals surface area contributed by atoms with Crippen molar-refractivity contribution in [2.24, 2.45) is 5.73 Å². The van der Waals surface area contributed by atoms with E-state index in [0.29, 0.717) is 6.54 Å². The van der Waals surface area contributed by atoms with Gasteiger partial charge in [0.2, 0.25) is 0 Å². The smallest absolute Gasteiger partial charge is 0.319 e. The van der Waals surface area contributed by atoms with Gasteiger partial charge in [0.05, 0.1) is 0 Å². The number of carbonyl (C=O) groups excluding carboxylic acids is 1. The minimum absolute atomic E-state index is 0.425. The number of fused-ring (bicyclic) bond motifs is 1. The van der Waals surface area contributed by atoms with E-state index < -0.39 is 6.03 Å². The Bertz CT molecular complexity index is 784. The van der Waals surface area contributed by atoms with Gasteiger partial charge < -0.3 is 5.73 Å². The predicted octanol–water partition coefficient (Wildman–Crippen LogP) is 3.97. The van der Waals surface area contributed by atoms with Gasteiger partial charge in [-0.3, -0.25) is 4.90 Å². The molecule has 2 amide bonds. The van der Waals surface area contributed by atoms with Crippen LogP contribution in [0.2, 0.25) is 0 Å². The zero-order valence-electron chi connectivity index (χ0n) is 12.3. The number of rotatable bonds is 4. The second-order valence-corrected chi connectivity index (χ2v) is 5.26. The summed E-state index contributed by atoms with van der Waals surface area (Å²) in [5.41, 5.74) is 7.59. The van der Waals surface area contributed by atoms with Crippen molar-refractivity contribution in [2.75, 3.05) is 11.4 Å². The first-order valence-corrected chi connectivity index (χ1v) is 7.34. The van der Waals surface area contributed by atoms with Gasteiger partial charge >= 0.3 is 6.03 Å². The van der Waals surface area contributed by atoms with E-state index in [2.05, 4.69) is 18.2 Å². The van der Waals surface area contributed by atoms with E-state index in [1.807, 2.05) is 54.6 Å². The van der Waals surface area contributed by atoms with Crippen LogP contribution in [0.1, 0.15) is 5.56 Å². The molecule has 0 radical (unpaired) electrons. The highest BCUT2D eigenvalue weighted by Gasteiger charge is 2.12. The molecular weight excluding hydrogens is 272 g/mol. The van der Waals surface area contributed by atoms with Crippen LogP contribution in [0.3, 0.4) is 0 Å². The van der Waals surface area contributed by atoms with Crippen molar-refractivity contribution in [3.8, 4) is 0 Å². The fraction of sp³-hybridized carbons (Fsp3) is 0.105. The quantitative estimate of drug-likeness (QED) is 0.776. The van der Waals surface area contributed by atoms with Crippen molar-refractivity contribution in [2.45, 2.75) is 6.42 Å². The molecule has 0 aliphatic carbocycles. The van der Waals surface area contributed by atoms with E-state index in [9.17, 15) is 4.79 Å².